The number of fused-ring (bicyclic) bond motifs is 1. The quantitative estimate of drug-likeness (QED) is 0.602. The van der Waals surface area contributed by atoms with Gasteiger partial charge in [-0.15, -0.1) is 0 Å². The van der Waals surface area contributed by atoms with Crippen LogP contribution in [0.5, 0.6) is 11.6 Å². The molecule has 1 aliphatic heterocycles. The van der Waals surface area contributed by atoms with E-state index in [4.69, 9.17) is 15.2 Å². The smallest absolute Gasteiger partial charge is 0.303 e. The Morgan fingerprint density at radius 2 is 2.00 bits per heavy atom. The van der Waals surface area contributed by atoms with Gasteiger partial charge in [0.1, 0.15) is 19.0 Å². The van der Waals surface area contributed by atoms with Crippen molar-refractivity contribution in [1.82, 2.24) is 9.97 Å². The second-order valence-corrected chi connectivity index (χ2v) is 7.07. The Kier molecular flexibility index (Phi) is 7.06. The Balaban J connectivity index is 1.47. The van der Waals surface area contributed by atoms with Crippen molar-refractivity contribution in [2.24, 2.45) is 0 Å². The van der Waals surface area contributed by atoms with Crippen LogP contribution in [0.1, 0.15) is 55.7 Å². The lowest BCUT2D eigenvalue weighted by atomic mass is 9.91. The fraction of sp³-hybridized carbons (Fsp3) is 0.476. The number of pyridine rings is 2. The number of carbonyl (C=O) groups is 1. The van der Waals surface area contributed by atoms with Crippen LogP contribution in [-0.2, 0) is 11.2 Å². The fourth-order valence-electron chi connectivity index (χ4n) is 3.46. The van der Waals surface area contributed by atoms with Crippen molar-refractivity contribution in [3.63, 3.8) is 0 Å². The molecule has 0 bridgehead atoms. The molecule has 0 saturated heterocycles. The summed E-state index contributed by atoms with van der Waals surface area (Å²) >= 11 is 0. The first-order chi connectivity index (χ1) is 13.6. The highest BCUT2D eigenvalue weighted by Crippen LogP contribution is 2.33. The third-order valence-corrected chi connectivity index (χ3v) is 4.88. The van der Waals surface area contributed by atoms with E-state index in [2.05, 4.69) is 9.97 Å². The molecule has 0 spiro atoms. The van der Waals surface area contributed by atoms with Crippen molar-refractivity contribution < 1.29 is 19.4 Å². The van der Waals surface area contributed by atoms with Crippen LogP contribution in [-0.4, -0.2) is 34.3 Å². The van der Waals surface area contributed by atoms with Crippen LogP contribution in [0.15, 0.2) is 30.5 Å². The van der Waals surface area contributed by atoms with Crippen LogP contribution in [0.3, 0.4) is 0 Å². The molecule has 0 fully saturated rings. The third-order valence-electron chi connectivity index (χ3n) is 4.88. The predicted molar refractivity (Wildman–Crippen MR) is 106 cm³/mol. The van der Waals surface area contributed by atoms with E-state index >= 15 is 0 Å². The SMILES string of the molecule is Nc1cccc(CCCCCCC(CC(=O)O)c2cnc3c(c2)OCCO3)n1. The van der Waals surface area contributed by atoms with Gasteiger partial charge in [-0.25, -0.2) is 9.97 Å². The molecule has 7 heteroatoms. The number of hydrogen-bond donors (Lipinski definition) is 2. The average molecular weight is 385 g/mol. The second-order valence-electron chi connectivity index (χ2n) is 7.07. The van der Waals surface area contributed by atoms with Crippen LogP contribution in [0, 0.1) is 0 Å². The van der Waals surface area contributed by atoms with Crippen molar-refractivity contribution >= 4 is 11.8 Å². The number of anilines is 1. The number of unbranched alkanes of at least 4 members (excludes halogenated alkanes) is 3. The summed E-state index contributed by atoms with van der Waals surface area (Å²) in [5, 5.41) is 9.28. The minimum absolute atomic E-state index is 0.0728. The molecule has 1 unspecified atom stereocenters. The molecule has 3 heterocycles. The number of rotatable bonds is 10. The number of nitrogen functional groups attached to an aromatic ring is 1. The van der Waals surface area contributed by atoms with Gasteiger partial charge in [0.15, 0.2) is 5.75 Å². The molecule has 7 nitrogen and oxygen atoms in total. The molecule has 3 N–H and O–H groups in total. The highest BCUT2D eigenvalue weighted by molar-refractivity contribution is 5.68. The van der Waals surface area contributed by atoms with E-state index in [1.807, 2.05) is 18.2 Å². The number of aliphatic carboxylic acids is 1. The van der Waals surface area contributed by atoms with Gasteiger partial charge in [0.05, 0.1) is 6.42 Å². The first-order valence-corrected chi connectivity index (χ1v) is 9.80. The summed E-state index contributed by atoms with van der Waals surface area (Å²) in [7, 11) is 0. The number of ether oxygens (including phenoxy) is 2. The van der Waals surface area contributed by atoms with E-state index in [9.17, 15) is 9.90 Å². The minimum Gasteiger partial charge on any atom is -0.484 e. The summed E-state index contributed by atoms with van der Waals surface area (Å²) in [6.07, 6.45) is 7.68. The zero-order chi connectivity index (χ0) is 19.8. The lowest BCUT2D eigenvalue weighted by Crippen LogP contribution is -2.17. The molecule has 0 aromatic carbocycles. The highest BCUT2D eigenvalue weighted by Gasteiger charge is 2.20. The van der Waals surface area contributed by atoms with Gasteiger partial charge in [-0.1, -0.05) is 25.3 Å². The lowest BCUT2D eigenvalue weighted by molar-refractivity contribution is -0.137. The summed E-state index contributed by atoms with van der Waals surface area (Å²) in [6, 6.07) is 7.59. The maximum atomic E-state index is 11.3. The standard InChI is InChI=1S/C21H27N3O4/c22-19-9-5-8-17(24-19)7-4-2-1-3-6-15(13-20(25)26)16-12-18-21(23-14-16)28-11-10-27-18/h5,8-9,12,14-15H,1-4,6-7,10-11,13H2,(H2,22,24)(H,25,26). The van der Waals surface area contributed by atoms with Crippen LogP contribution >= 0.6 is 0 Å². The van der Waals surface area contributed by atoms with E-state index < -0.39 is 5.97 Å². The highest BCUT2D eigenvalue weighted by atomic mass is 16.6. The van der Waals surface area contributed by atoms with E-state index in [1.165, 1.54) is 0 Å². The number of aryl methyl sites for hydroxylation is 1. The summed E-state index contributed by atoms with van der Waals surface area (Å²) < 4.78 is 11.0. The van der Waals surface area contributed by atoms with Gasteiger partial charge in [-0.3, -0.25) is 4.79 Å². The lowest BCUT2D eigenvalue weighted by Gasteiger charge is -2.20. The Bertz CT molecular complexity index is 797. The van der Waals surface area contributed by atoms with Gasteiger partial charge in [-0.2, -0.15) is 0 Å². The molecule has 1 atom stereocenters. The molecular weight excluding hydrogens is 358 g/mol. The molecule has 0 amide bonds. The van der Waals surface area contributed by atoms with Crippen molar-refractivity contribution in [3.8, 4) is 11.6 Å². The van der Waals surface area contributed by atoms with Gasteiger partial charge in [-0.05, 0) is 48.9 Å². The van der Waals surface area contributed by atoms with E-state index in [-0.39, 0.29) is 12.3 Å². The largest absolute Gasteiger partial charge is 0.484 e. The van der Waals surface area contributed by atoms with Crippen LogP contribution in [0.2, 0.25) is 0 Å². The van der Waals surface area contributed by atoms with Gasteiger partial charge >= 0.3 is 5.97 Å². The molecule has 2 aromatic rings. The Morgan fingerprint density at radius 1 is 1.18 bits per heavy atom. The Hall–Kier alpha value is -2.83. The van der Waals surface area contributed by atoms with Crippen molar-refractivity contribution in [3.05, 3.63) is 41.7 Å². The normalized spacial score (nSPS) is 13.9. The number of carboxylic acids is 1. The van der Waals surface area contributed by atoms with E-state index in [1.54, 1.807) is 12.3 Å². The molecule has 1 aliphatic rings. The summed E-state index contributed by atoms with van der Waals surface area (Å²) in [4.78, 5) is 19.9. The number of nitrogens with two attached hydrogens (primary N) is 1. The Labute approximate surface area is 164 Å². The molecule has 3 rings (SSSR count). The first kappa shape index (κ1) is 19.9. The summed E-state index contributed by atoms with van der Waals surface area (Å²) in [6.45, 7) is 0.979. The molecule has 0 saturated carbocycles. The Morgan fingerprint density at radius 3 is 2.82 bits per heavy atom. The number of aromatic nitrogens is 2. The zero-order valence-electron chi connectivity index (χ0n) is 16.0. The molecule has 0 aliphatic carbocycles. The monoisotopic (exact) mass is 385 g/mol. The minimum atomic E-state index is -0.798. The number of hydrogen-bond acceptors (Lipinski definition) is 6. The molecule has 0 radical (unpaired) electrons. The number of nitrogens with zero attached hydrogens (tertiary/aromatic N) is 2. The van der Waals surface area contributed by atoms with Gasteiger partial charge in [0, 0.05) is 11.9 Å². The summed E-state index contributed by atoms with van der Waals surface area (Å²) in [5.74, 6) is 0.777. The van der Waals surface area contributed by atoms with Gasteiger partial charge < -0.3 is 20.3 Å². The molecule has 28 heavy (non-hydrogen) atoms. The van der Waals surface area contributed by atoms with Crippen molar-refractivity contribution in [1.29, 1.82) is 0 Å². The van der Waals surface area contributed by atoms with Crippen LogP contribution < -0.4 is 15.2 Å². The molecule has 150 valence electrons. The van der Waals surface area contributed by atoms with Crippen LogP contribution in [0.25, 0.3) is 0 Å². The van der Waals surface area contributed by atoms with Gasteiger partial charge in [0.2, 0.25) is 0 Å². The van der Waals surface area contributed by atoms with E-state index in [0.717, 1.165) is 49.8 Å². The maximum Gasteiger partial charge on any atom is 0.303 e. The average Bonchev–Trinajstić information content (AvgIpc) is 2.69. The third kappa shape index (κ3) is 5.84. The molecule has 2 aromatic heterocycles. The number of carboxylic acid groups (broad SMARTS) is 1. The second kappa shape index (κ2) is 9.92. The maximum absolute atomic E-state index is 11.3. The van der Waals surface area contributed by atoms with Gasteiger partial charge in [0.25, 0.3) is 5.88 Å². The zero-order valence-corrected chi connectivity index (χ0v) is 16.0. The topological polar surface area (TPSA) is 108 Å². The first-order valence-electron chi connectivity index (χ1n) is 9.80. The van der Waals surface area contributed by atoms with E-state index in [0.29, 0.717) is 30.7 Å². The molecular formula is C21H27N3O4. The fourth-order valence-corrected chi connectivity index (χ4v) is 3.46. The van der Waals surface area contributed by atoms with Crippen molar-refractivity contribution in [2.45, 2.75) is 50.9 Å². The predicted octanol–water partition coefficient (Wildman–Crippen LogP) is 3.58. The van der Waals surface area contributed by atoms with Crippen LogP contribution in [0.4, 0.5) is 5.82 Å². The summed E-state index contributed by atoms with van der Waals surface area (Å²) in [5.41, 5.74) is 7.62. The van der Waals surface area contributed by atoms with Crippen molar-refractivity contribution in [2.75, 3.05) is 18.9 Å².